The molecule has 1 aliphatic heterocycles. The predicted octanol–water partition coefficient (Wildman–Crippen LogP) is 2.28. The van der Waals surface area contributed by atoms with Gasteiger partial charge in [-0.1, -0.05) is 0 Å². The number of hydrogen-bond acceptors (Lipinski definition) is 4. The van der Waals surface area contributed by atoms with Gasteiger partial charge in [-0.3, -0.25) is 4.68 Å². The van der Waals surface area contributed by atoms with Crippen LogP contribution in [0.25, 0.3) is 0 Å². The van der Waals surface area contributed by atoms with Crippen LogP contribution in [0.4, 0.5) is 0 Å². The molecular weight excluding hydrogens is 294 g/mol. The number of rotatable bonds is 3. The summed E-state index contributed by atoms with van der Waals surface area (Å²) in [4.78, 5) is 1.02. The second kappa shape index (κ2) is 5.31. The molecule has 1 fully saturated rings. The van der Waals surface area contributed by atoms with Crippen LogP contribution in [0.1, 0.15) is 23.8 Å². The molecule has 0 bridgehead atoms. The highest BCUT2D eigenvalue weighted by molar-refractivity contribution is 7.91. The summed E-state index contributed by atoms with van der Waals surface area (Å²) < 4.78 is 29.0. The Balaban J connectivity index is 1.72. The molecule has 1 saturated heterocycles. The lowest BCUT2D eigenvalue weighted by atomic mass is 10.1. The van der Waals surface area contributed by atoms with Gasteiger partial charge in [-0.05, 0) is 38.0 Å². The monoisotopic (exact) mass is 311 g/mol. The van der Waals surface area contributed by atoms with Gasteiger partial charge < -0.3 is 0 Å². The Hall–Kier alpha value is -1.18. The van der Waals surface area contributed by atoms with Crippen LogP contribution < -0.4 is 0 Å². The van der Waals surface area contributed by atoms with Crippen molar-refractivity contribution in [3.63, 3.8) is 0 Å². The van der Waals surface area contributed by atoms with Crippen molar-refractivity contribution in [2.24, 2.45) is 0 Å². The van der Waals surface area contributed by atoms with E-state index in [1.807, 2.05) is 29.9 Å². The van der Waals surface area contributed by atoms with Crippen molar-refractivity contribution in [2.75, 3.05) is 13.1 Å². The third kappa shape index (κ3) is 2.53. The first-order chi connectivity index (χ1) is 9.57. The zero-order valence-corrected chi connectivity index (χ0v) is 12.9. The highest BCUT2D eigenvalue weighted by Crippen LogP contribution is 2.29. The van der Waals surface area contributed by atoms with E-state index in [2.05, 4.69) is 5.10 Å². The standard InChI is InChI=1S/C13H17N3O2S2/c1-11-3-4-13(19-11)20(17,18)15-9-5-12(6-10-15)16-8-2-7-14-16/h2-4,7-8,12H,5-6,9-10H2,1H3. The normalized spacial score (nSPS) is 18.4. The fourth-order valence-electron chi connectivity index (χ4n) is 2.52. The van der Waals surface area contributed by atoms with Gasteiger partial charge in [0.15, 0.2) is 0 Å². The summed E-state index contributed by atoms with van der Waals surface area (Å²) in [5, 5.41) is 4.24. The van der Waals surface area contributed by atoms with Crippen molar-refractivity contribution in [1.82, 2.24) is 14.1 Å². The minimum atomic E-state index is -3.31. The Labute approximate surface area is 122 Å². The molecule has 5 nitrogen and oxygen atoms in total. The first-order valence-electron chi connectivity index (χ1n) is 6.63. The van der Waals surface area contributed by atoms with E-state index in [0.29, 0.717) is 23.3 Å². The molecule has 2 aromatic heterocycles. The van der Waals surface area contributed by atoms with Gasteiger partial charge in [-0.2, -0.15) is 9.40 Å². The SMILES string of the molecule is Cc1ccc(S(=O)(=O)N2CCC(n3cccn3)CC2)s1. The Bertz CT molecular complexity index is 668. The number of sulfonamides is 1. The summed E-state index contributed by atoms with van der Waals surface area (Å²) >= 11 is 1.34. The van der Waals surface area contributed by atoms with Gasteiger partial charge in [0, 0.05) is 30.4 Å². The summed E-state index contributed by atoms with van der Waals surface area (Å²) in [6.45, 7) is 3.04. The molecule has 3 rings (SSSR count). The van der Waals surface area contributed by atoms with E-state index in [9.17, 15) is 8.42 Å². The van der Waals surface area contributed by atoms with Crippen molar-refractivity contribution in [1.29, 1.82) is 0 Å². The van der Waals surface area contributed by atoms with Crippen molar-refractivity contribution in [2.45, 2.75) is 30.0 Å². The third-order valence-electron chi connectivity index (χ3n) is 3.63. The van der Waals surface area contributed by atoms with Gasteiger partial charge in [0.2, 0.25) is 0 Å². The van der Waals surface area contributed by atoms with Gasteiger partial charge in [0.05, 0.1) is 6.04 Å². The second-order valence-electron chi connectivity index (χ2n) is 4.99. The maximum absolute atomic E-state index is 12.5. The van der Waals surface area contributed by atoms with Crippen LogP contribution in [0.5, 0.6) is 0 Å². The lowest BCUT2D eigenvalue weighted by Crippen LogP contribution is -2.38. The molecule has 0 N–H and O–H groups in total. The molecule has 20 heavy (non-hydrogen) atoms. The fourth-order valence-corrected chi connectivity index (χ4v) is 5.43. The lowest BCUT2D eigenvalue weighted by molar-refractivity contribution is 0.261. The molecule has 1 aliphatic rings. The summed E-state index contributed by atoms with van der Waals surface area (Å²) in [5.74, 6) is 0. The number of nitrogens with zero attached hydrogens (tertiary/aromatic N) is 3. The Kier molecular flexibility index (Phi) is 3.66. The minimum absolute atomic E-state index is 0.307. The zero-order valence-electron chi connectivity index (χ0n) is 11.3. The van der Waals surface area contributed by atoms with E-state index in [4.69, 9.17) is 0 Å². The minimum Gasteiger partial charge on any atom is -0.270 e. The van der Waals surface area contributed by atoms with Gasteiger partial charge in [-0.25, -0.2) is 8.42 Å². The molecule has 0 saturated carbocycles. The molecule has 0 amide bonds. The predicted molar refractivity (Wildman–Crippen MR) is 78.3 cm³/mol. The van der Waals surface area contributed by atoms with E-state index in [-0.39, 0.29) is 0 Å². The first kappa shape index (κ1) is 13.8. The van der Waals surface area contributed by atoms with Gasteiger partial charge in [0.1, 0.15) is 4.21 Å². The van der Waals surface area contributed by atoms with E-state index in [0.717, 1.165) is 17.7 Å². The van der Waals surface area contributed by atoms with E-state index >= 15 is 0 Å². The average molecular weight is 311 g/mol. The first-order valence-corrected chi connectivity index (χ1v) is 8.89. The molecule has 108 valence electrons. The van der Waals surface area contributed by atoms with Crippen molar-refractivity contribution in [3.8, 4) is 0 Å². The van der Waals surface area contributed by atoms with Crippen LogP contribution in [-0.2, 0) is 10.0 Å². The molecule has 0 spiro atoms. The van der Waals surface area contributed by atoms with Gasteiger partial charge >= 0.3 is 0 Å². The number of hydrogen-bond donors (Lipinski definition) is 0. The number of aromatic nitrogens is 2. The van der Waals surface area contributed by atoms with Gasteiger partial charge in [-0.15, -0.1) is 11.3 Å². The van der Waals surface area contributed by atoms with Crippen LogP contribution in [0, 0.1) is 6.92 Å². The topological polar surface area (TPSA) is 55.2 Å². The Morgan fingerprint density at radius 3 is 2.60 bits per heavy atom. The molecule has 7 heteroatoms. The van der Waals surface area contributed by atoms with Gasteiger partial charge in [0.25, 0.3) is 10.0 Å². The third-order valence-corrected chi connectivity index (χ3v) is 7.00. The second-order valence-corrected chi connectivity index (χ2v) is 8.44. The largest absolute Gasteiger partial charge is 0.270 e. The smallest absolute Gasteiger partial charge is 0.252 e. The quantitative estimate of drug-likeness (QED) is 0.874. The van der Waals surface area contributed by atoms with Crippen LogP contribution in [0.2, 0.25) is 0 Å². The molecule has 3 heterocycles. The fraction of sp³-hybridized carbons (Fsp3) is 0.462. The molecular formula is C13H17N3O2S2. The average Bonchev–Trinajstić information content (AvgIpc) is 3.10. The summed E-state index contributed by atoms with van der Waals surface area (Å²) in [5.41, 5.74) is 0. The van der Waals surface area contributed by atoms with E-state index in [1.165, 1.54) is 11.3 Å². The lowest BCUT2D eigenvalue weighted by Gasteiger charge is -2.30. The summed E-state index contributed by atoms with van der Waals surface area (Å²) in [6.07, 6.45) is 5.32. The van der Waals surface area contributed by atoms with E-state index < -0.39 is 10.0 Å². The van der Waals surface area contributed by atoms with Crippen LogP contribution in [0.15, 0.2) is 34.8 Å². The molecule has 0 aromatic carbocycles. The molecule has 0 unspecified atom stereocenters. The van der Waals surface area contributed by atoms with Crippen molar-refractivity contribution >= 4 is 21.4 Å². The van der Waals surface area contributed by atoms with Crippen molar-refractivity contribution in [3.05, 3.63) is 35.5 Å². The molecule has 2 aromatic rings. The number of aryl methyl sites for hydroxylation is 1. The maximum atomic E-state index is 12.5. The highest BCUT2D eigenvalue weighted by Gasteiger charge is 2.30. The number of thiophene rings is 1. The Morgan fingerprint density at radius 1 is 1.30 bits per heavy atom. The van der Waals surface area contributed by atoms with E-state index in [1.54, 1.807) is 16.6 Å². The van der Waals surface area contributed by atoms with Crippen LogP contribution >= 0.6 is 11.3 Å². The Morgan fingerprint density at radius 2 is 2.05 bits per heavy atom. The van der Waals surface area contributed by atoms with Crippen LogP contribution in [0.3, 0.4) is 0 Å². The summed E-state index contributed by atoms with van der Waals surface area (Å²) in [6, 6.07) is 5.77. The van der Waals surface area contributed by atoms with Crippen molar-refractivity contribution < 1.29 is 8.42 Å². The van der Waals surface area contributed by atoms with Crippen LogP contribution in [-0.4, -0.2) is 35.6 Å². The molecule has 0 aliphatic carbocycles. The summed E-state index contributed by atoms with van der Waals surface area (Å²) in [7, 11) is -3.31. The highest BCUT2D eigenvalue weighted by atomic mass is 32.2. The maximum Gasteiger partial charge on any atom is 0.252 e. The number of piperidine rings is 1. The molecule has 0 radical (unpaired) electrons. The molecule has 0 atom stereocenters. The zero-order chi connectivity index (χ0) is 14.2.